The smallest absolute Gasteiger partial charge is 0.261 e. The first kappa shape index (κ1) is 20.1. The average Bonchev–Trinajstić information content (AvgIpc) is 2.60. The molecule has 1 amide bonds. The second-order valence-corrected chi connectivity index (χ2v) is 6.45. The van der Waals surface area contributed by atoms with Crippen LogP contribution in [-0.2, 0) is 14.4 Å². The average molecular weight is 373 g/mol. The monoisotopic (exact) mass is 373 g/mol. The second-order valence-electron chi connectivity index (χ2n) is 6.45. The van der Waals surface area contributed by atoms with Crippen LogP contribution in [0.2, 0.25) is 0 Å². The lowest BCUT2D eigenvalue weighted by molar-refractivity contribution is -0.310. The van der Waals surface area contributed by atoms with Crippen LogP contribution in [-0.4, -0.2) is 33.4 Å². The summed E-state index contributed by atoms with van der Waals surface area (Å²) in [4.78, 5) is 51.3. The summed E-state index contributed by atoms with van der Waals surface area (Å²) in [5, 5.41) is 24.3. The third-order valence-corrected chi connectivity index (χ3v) is 4.13. The minimum atomic E-state index is -1.61. The molecule has 27 heavy (non-hydrogen) atoms. The number of rotatable bonds is 8. The van der Waals surface area contributed by atoms with Crippen molar-refractivity contribution in [2.75, 3.05) is 0 Å². The van der Waals surface area contributed by atoms with Gasteiger partial charge in [-0.1, -0.05) is 26.0 Å². The van der Waals surface area contributed by atoms with E-state index in [4.69, 9.17) is 0 Å². The number of para-hydroxylation sites is 1. The maximum absolute atomic E-state index is 12.7. The highest BCUT2D eigenvalue weighted by Crippen LogP contribution is 2.18. The molecule has 0 fully saturated rings. The van der Waals surface area contributed by atoms with E-state index in [-0.39, 0.29) is 12.3 Å². The van der Waals surface area contributed by atoms with Crippen molar-refractivity contribution in [1.29, 1.82) is 0 Å². The van der Waals surface area contributed by atoms with Crippen molar-refractivity contribution in [3.05, 3.63) is 40.9 Å². The molecule has 0 saturated heterocycles. The third-order valence-electron chi connectivity index (χ3n) is 4.13. The minimum Gasteiger partial charge on any atom is -0.550 e. The number of benzene rings is 1. The Morgan fingerprint density at radius 3 is 2.44 bits per heavy atom. The Morgan fingerprint density at radius 2 is 1.85 bits per heavy atom. The molecule has 2 aromatic rings. The van der Waals surface area contributed by atoms with Crippen LogP contribution in [0.1, 0.15) is 32.7 Å². The molecule has 0 unspecified atom stereocenters. The van der Waals surface area contributed by atoms with Crippen LogP contribution in [0.15, 0.2) is 35.4 Å². The zero-order valence-corrected chi connectivity index (χ0v) is 14.9. The molecule has 1 N–H and O–H groups in total. The van der Waals surface area contributed by atoms with Gasteiger partial charge in [0.2, 0.25) is 5.91 Å². The lowest BCUT2D eigenvalue weighted by atomic mass is 10.0. The van der Waals surface area contributed by atoms with Gasteiger partial charge < -0.3 is 25.1 Å². The number of nitrogens with zero attached hydrogens (tertiary/aromatic N) is 2. The molecule has 0 aliphatic carbocycles. The topological polar surface area (TPSA) is 144 Å². The first-order valence-corrected chi connectivity index (χ1v) is 8.39. The van der Waals surface area contributed by atoms with Gasteiger partial charge in [-0.2, -0.15) is 0 Å². The van der Waals surface area contributed by atoms with Gasteiger partial charge in [-0.15, -0.1) is 0 Å². The van der Waals surface area contributed by atoms with E-state index in [1.807, 2.05) is 0 Å². The number of amides is 1. The highest BCUT2D eigenvalue weighted by molar-refractivity contribution is 5.86. The fourth-order valence-electron chi connectivity index (χ4n) is 2.80. The van der Waals surface area contributed by atoms with Crippen LogP contribution >= 0.6 is 0 Å². The van der Waals surface area contributed by atoms with Gasteiger partial charge in [0, 0.05) is 5.97 Å². The summed E-state index contributed by atoms with van der Waals surface area (Å²) >= 11 is 0. The minimum absolute atomic E-state index is 0.326. The summed E-state index contributed by atoms with van der Waals surface area (Å²) in [5.74, 6) is -4.16. The van der Waals surface area contributed by atoms with Gasteiger partial charge in [-0.3, -0.25) is 14.2 Å². The molecule has 9 heteroatoms. The number of carboxylic acids is 2. The van der Waals surface area contributed by atoms with E-state index in [1.54, 1.807) is 38.1 Å². The Morgan fingerprint density at radius 1 is 1.19 bits per heavy atom. The van der Waals surface area contributed by atoms with Gasteiger partial charge >= 0.3 is 0 Å². The second kappa shape index (κ2) is 8.43. The van der Waals surface area contributed by atoms with Crippen molar-refractivity contribution in [1.82, 2.24) is 14.9 Å². The summed E-state index contributed by atoms with van der Waals surface area (Å²) in [5.41, 5.74) is 0.0393. The van der Waals surface area contributed by atoms with Gasteiger partial charge in [0.25, 0.3) is 5.56 Å². The van der Waals surface area contributed by atoms with Crippen molar-refractivity contribution in [3.63, 3.8) is 0 Å². The lowest BCUT2D eigenvalue weighted by Gasteiger charge is -2.26. The first-order chi connectivity index (χ1) is 12.7. The predicted octanol–water partition coefficient (Wildman–Crippen LogP) is -1.64. The third kappa shape index (κ3) is 4.69. The molecule has 0 spiro atoms. The summed E-state index contributed by atoms with van der Waals surface area (Å²) in [7, 11) is 0. The number of carbonyl (C=O) groups is 3. The Kier molecular flexibility index (Phi) is 6.27. The van der Waals surface area contributed by atoms with E-state index in [9.17, 15) is 29.4 Å². The maximum atomic E-state index is 12.7. The molecule has 0 saturated carbocycles. The highest BCUT2D eigenvalue weighted by atomic mass is 16.4. The van der Waals surface area contributed by atoms with Crippen LogP contribution in [0.5, 0.6) is 0 Å². The van der Waals surface area contributed by atoms with Crippen molar-refractivity contribution < 1.29 is 24.6 Å². The lowest BCUT2D eigenvalue weighted by Crippen LogP contribution is -2.51. The normalized spacial score (nSPS) is 13.3. The van der Waals surface area contributed by atoms with Gasteiger partial charge in [0.15, 0.2) is 0 Å². The molecule has 144 valence electrons. The van der Waals surface area contributed by atoms with Crippen LogP contribution < -0.4 is 21.1 Å². The molecule has 9 nitrogen and oxygen atoms in total. The summed E-state index contributed by atoms with van der Waals surface area (Å²) in [6.45, 7) is 3.39. The zero-order valence-electron chi connectivity index (χ0n) is 14.9. The zero-order chi connectivity index (χ0) is 20.1. The molecule has 0 radical (unpaired) electrons. The molecule has 0 aliphatic rings. The van der Waals surface area contributed by atoms with E-state index >= 15 is 0 Å². The Hall–Kier alpha value is -3.23. The summed E-state index contributed by atoms with van der Waals surface area (Å²) in [6.07, 6.45) is 0.305. The van der Waals surface area contributed by atoms with E-state index in [0.717, 1.165) is 4.57 Å². The summed E-state index contributed by atoms with van der Waals surface area (Å²) in [6, 6.07) is 4.11. The number of hydrogen-bond acceptors (Lipinski definition) is 7. The quantitative estimate of drug-likeness (QED) is 0.584. The fourth-order valence-corrected chi connectivity index (χ4v) is 2.80. The number of carbonyl (C=O) groups excluding carboxylic acids is 3. The van der Waals surface area contributed by atoms with E-state index in [2.05, 4.69) is 10.3 Å². The molecule has 0 bridgehead atoms. The molecule has 2 rings (SSSR count). The van der Waals surface area contributed by atoms with E-state index in [0.29, 0.717) is 10.9 Å². The van der Waals surface area contributed by atoms with E-state index in [1.165, 1.54) is 6.33 Å². The van der Waals surface area contributed by atoms with E-state index < -0.39 is 41.9 Å². The van der Waals surface area contributed by atoms with Gasteiger partial charge in [-0.05, 0) is 30.9 Å². The van der Waals surface area contributed by atoms with Gasteiger partial charge in [0.05, 0.1) is 29.2 Å². The number of nitrogens with one attached hydrogen (secondary N) is 1. The predicted molar refractivity (Wildman–Crippen MR) is 91.1 cm³/mol. The van der Waals surface area contributed by atoms with Crippen LogP contribution in [0.3, 0.4) is 0 Å². The van der Waals surface area contributed by atoms with Crippen molar-refractivity contribution in [2.45, 2.75) is 38.8 Å². The SMILES string of the molecule is CC(C)[C@@H](C(=O)N[C@@H](CCC(=O)[O-])C(=O)[O-])n1cnc2ccccc2c1=O. The summed E-state index contributed by atoms with van der Waals surface area (Å²) < 4.78 is 1.15. The molecule has 1 aromatic heterocycles. The first-order valence-electron chi connectivity index (χ1n) is 8.39. The molecule has 2 atom stereocenters. The van der Waals surface area contributed by atoms with Crippen LogP contribution in [0.25, 0.3) is 10.9 Å². The molecule has 0 aliphatic heterocycles. The highest BCUT2D eigenvalue weighted by Gasteiger charge is 2.28. The van der Waals surface area contributed by atoms with Crippen LogP contribution in [0.4, 0.5) is 0 Å². The van der Waals surface area contributed by atoms with Crippen molar-refractivity contribution >= 4 is 28.7 Å². The Bertz CT molecular complexity index is 921. The molecular weight excluding hydrogens is 354 g/mol. The van der Waals surface area contributed by atoms with Crippen molar-refractivity contribution in [2.24, 2.45) is 5.92 Å². The number of aliphatic carboxylic acids is 2. The molecular formula is C18H19N3O6-2. The number of aromatic nitrogens is 2. The maximum Gasteiger partial charge on any atom is 0.261 e. The number of carboxylic acid groups (broad SMARTS) is 2. The largest absolute Gasteiger partial charge is 0.550 e. The Labute approximate surface area is 154 Å². The standard InChI is InChI=1S/C18H21N3O6/c1-10(2)15(16(24)20-13(18(26)27)7-8-14(22)23)21-9-19-12-6-4-3-5-11(12)17(21)25/h3-6,9-10,13,15H,7-8H2,1-2H3,(H,20,24)(H,22,23)(H,26,27)/p-2/t13-,15-/m0/s1. The van der Waals surface area contributed by atoms with Gasteiger partial charge in [0.1, 0.15) is 6.04 Å². The van der Waals surface area contributed by atoms with Crippen molar-refractivity contribution in [3.8, 4) is 0 Å². The molecule has 1 aromatic carbocycles. The molecule has 1 heterocycles. The van der Waals surface area contributed by atoms with Crippen LogP contribution in [0, 0.1) is 5.92 Å². The Balaban J connectivity index is 2.35. The number of fused-ring (bicyclic) bond motifs is 1. The van der Waals surface area contributed by atoms with Gasteiger partial charge in [-0.25, -0.2) is 4.98 Å². The number of hydrogen-bond donors (Lipinski definition) is 1. The fraction of sp³-hybridized carbons (Fsp3) is 0.389.